The van der Waals surface area contributed by atoms with Gasteiger partial charge in [0.1, 0.15) is 40.0 Å². The molecule has 4 heterocycles. The number of anilines is 2. The molecule has 1 unspecified atom stereocenters. The molecule has 0 aliphatic carbocycles. The highest BCUT2D eigenvalue weighted by Gasteiger charge is 2.54. The highest BCUT2D eigenvalue weighted by Crippen LogP contribution is 2.41. The molecule has 45 heavy (non-hydrogen) atoms. The first-order valence-corrected chi connectivity index (χ1v) is 15.5. The lowest BCUT2D eigenvalue weighted by Crippen LogP contribution is -2.71. The van der Waals surface area contributed by atoms with Gasteiger partial charge in [0.25, 0.3) is 11.8 Å². The van der Waals surface area contributed by atoms with Crippen LogP contribution in [0.4, 0.5) is 10.9 Å². The Kier molecular flexibility index (Phi) is 8.97. The number of thioether (sulfide) groups is 2. The number of carboxylic acid groups (broad SMARTS) is 2. The Labute approximate surface area is 265 Å². The maximum Gasteiger partial charge on any atom is 0.352 e. The van der Waals surface area contributed by atoms with Crippen molar-refractivity contribution in [1.82, 2.24) is 25.2 Å². The van der Waals surface area contributed by atoms with Crippen LogP contribution in [0.15, 0.2) is 57.4 Å². The number of amides is 2. The van der Waals surface area contributed by atoms with Crippen molar-refractivity contribution in [1.29, 1.82) is 0 Å². The molecule has 2 amide bonds. The summed E-state index contributed by atoms with van der Waals surface area (Å²) in [7, 11) is 0. The van der Waals surface area contributed by atoms with Crippen molar-refractivity contribution in [2.24, 2.45) is 5.16 Å². The highest BCUT2D eigenvalue weighted by molar-refractivity contribution is 8.01. The Balaban J connectivity index is 1.35. The van der Waals surface area contributed by atoms with Crippen LogP contribution in [0.25, 0.3) is 0 Å². The number of aromatic nitrogens is 3. The average Bonchev–Trinajstić information content (AvgIpc) is 3.43. The monoisotopic (exact) mass is 674 g/mol. The van der Waals surface area contributed by atoms with E-state index in [1.807, 2.05) is 0 Å². The van der Waals surface area contributed by atoms with Gasteiger partial charge in [0.05, 0.1) is 0 Å². The number of aromatic hydroxyl groups is 2. The molecule has 1 fully saturated rings. The number of carboxylic acids is 2. The van der Waals surface area contributed by atoms with E-state index in [9.17, 15) is 39.6 Å². The van der Waals surface area contributed by atoms with Crippen molar-refractivity contribution in [2.45, 2.75) is 22.5 Å². The normalized spacial score (nSPS) is 18.5. The number of thiazole rings is 1. The summed E-state index contributed by atoms with van der Waals surface area (Å²) in [4.78, 5) is 68.9. The number of rotatable bonds is 11. The molecule has 17 nitrogen and oxygen atoms in total. The van der Waals surface area contributed by atoms with Gasteiger partial charge in [-0.15, -0.1) is 34.9 Å². The lowest BCUT2D eigenvalue weighted by Gasteiger charge is -2.49. The fourth-order valence-electron chi connectivity index (χ4n) is 4.26. The minimum atomic E-state index is -1.82. The van der Waals surface area contributed by atoms with E-state index in [2.05, 4.69) is 25.4 Å². The topological polar surface area (TPSA) is 277 Å². The van der Waals surface area contributed by atoms with E-state index in [0.29, 0.717) is 10.6 Å². The first-order valence-electron chi connectivity index (χ1n) is 12.6. The number of nitrogen functional groups attached to an aromatic ring is 2. The Morgan fingerprint density at radius 1 is 1.18 bits per heavy atom. The third kappa shape index (κ3) is 6.56. The van der Waals surface area contributed by atoms with Crippen molar-refractivity contribution in [3.63, 3.8) is 0 Å². The smallest absolute Gasteiger partial charge is 0.352 e. The number of hydrogen-bond donors (Lipinski definition) is 7. The van der Waals surface area contributed by atoms with E-state index in [0.717, 1.165) is 28.4 Å². The quantitative estimate of drug-likeness (QED) is 0.0366. The largest absolute Gasteiger partial charge is 0.504 e. The van der Waals surface area contributed by atoms with Gasteiger partial charge < -0.3 is 42.0 Å². The average molecular weight is 675 g/mol. The maximum absolute atomic E-state index is 13.4. The summed E-state index contributed by atoms with van der Waals surface area (Å²) in [6, 6.07) is 3.56. The fourth-order valence-corrected chi connectivity index (χ4v) is 7.17. The van der Waals surface area contributed by atoms with Crippen LogP contribution in [0.1, 0.15) is 17.4 Å². The number of fused-ring (bicyclic) bond motifs is 1. The number of aliphatic carboxylic acids is 2. The molecule has 9 N–H and O–H groups in total. The Morgan fingerprint density at radius 3 is 2.60 bits per heavy atom. The lowest BCUT2D eigenvalue weighted by molar-refractivity contribution is -0.151. The zero-order chi connectivity index (χ0) is 32.4. The molecule has 20 heteroatoms. The second-order valence-electron chi connectivity index (χ2n) is 9.27. The van der Waals surface area contributed by atoms with Crippen LogP contribution in [-0.2, 0) is 24.0 Å². The number of hydrogen-bond acceptors (Lipinski definition) is 16. The van der Waals surface area contributed by atoms with Crippen LogP contribution < -0.4 is 16.8 Å². The molecule has 1 saturated heterocycles. The molecular weight excluding hydrogens is 653 g/mol. The van der Waals surface area contributed by atoms with Crippen LogP contribution in [-0.4, -0.2) is 92.7 Å². The van der Waals surface area contributed by atoms with Gasteiger partial charge in [0.15, 0.2) is 22.3 Å². The number of oxime groups is 1. The second-order valence-corrected chi connectivity index (χ2v) is 12.3. The molecule has 2 aromatic heterocycles. The van der Waals surface area contributed by atoms with Crippen molar-refractivity contribution in [3.8, 4) is 11.5 Å². The summed E-state index contributed by atoms with van der Waals surface area (Å²) < 4.78 is 0. The molecule has 1 aromatic carbocycles. The summed E-state index contributed by atoms with van der Waals surface area (Å²) >= 11 is 3.43. The molecule has 3 atom stereocenters. The highest BCUT2D eigenvalue weighted by atomic mass is 32.2. The minimum Gasteiger partial charge on any atom is -0.504 e. The molecule has 0 radical (unpaired) electrons. The van der Waals surface area contributed by atoms with Gasteiger partial charge in [-0.25, -0.2) is 24.5 Å². The molecule has 0 spiro atoms. The molecule has 0 bridgehead atoms. The lowest BCUT2D eigenvalue weighted by atomic mass is 10.0. The summed E-state index contributed by atoms with van der Waals surface area (Å²) in [6.07, 6.45) is -0.534. The van der Waals surface area contributed by atoms with Crippen LogP contribution in [0.5, 0.6) is 11.5 Å². The van der Waals surface area contributed by atoms with Crippen molar-refractivity contribution in [2.75, 3.05) is 23.0 Å². The van der Waals surface area contributed by atoms with E-state index < -0.39 is 58.5 Å². The van der Waals surface area contributed by atoms with Gasteiger partial charge in [-0.2, -0.15) is 0 Å². The molecule has 2 aliphatic rings. The van der Waals surface area contributed by atoms with E-state index in [1.54, 1.807) is 0 Å². The SMILES string of the molecule is Nc1cc(SCC2=C(C(=O)O)N3C(=O)C(NC(=O)/C(=N\O[C@@H](C(=O)O)c4ccc(O)c(O)c4)c4csc(N)n4)[C@@H]3SC2)ncn1. The second kappa shape index (κ2) is 12.9. The number of β-lactam (4-membered cyclic amide) rings is 1. The summed E-state index contributed by atoms with van der Waals surface area (Å²) in [5.74, 6) is -4.91. The molecule has 0 saturated carbocycles. The van der Waals surface area contributed by atoms with E-state index >= 15 is 0 Å². The zero-order valence-electron chi connectivity index (χ0n) is 22.6. The number of carbonyl (C=O) groups excluding carboxylic acids is 2. The Hall–Kier alpha value is -5.08. The number of nitrogens with one attached hydrogen (secondary N) is 1. The van der Waals surface area contributed by atoms with Crippen LogP contribution in [0.3, 0.4) is 0 Å². The van der Waals surface area contributed by atoms with Crippen molar-refractivity contribution in [3.05, 3.63) is 58.5 Å². The summed E-state index contributed by atoms with van der Waals surface area (Å²) in [5, 5.41) is 46.4. The predicted molar refractivity (Wildman–Crippen MR) is 161 cm³/mol. The Bertz CT molecular complexity index is 1760. The zero-order valence-corrected chi connectivity index (χ0v) is 25.0. The maximum atomic E-state index is 13.4. The molecule has 5 rings (SSSR count). The van der Waals surface area contributed by atoms with Gasteiger partial charge >= 0.3 is 11.9 Å². The number of phenols is 2. The third-order valence-corrected chi connectivity index (χ3v) is 9.37. The molecular formula is C25H22N8O9S3. The first-order chi connectivity index (χ1) is 21.4. The van der Waals surface area contributed by atoms with Crippen LogP contribution in [0.2, 0.25) is 0 Å². The number of nitrogens with zero attached hydrogens (tertiary/aromatic N) is 5. The van der Waals surface area contributed by atoms with Crippen LogP contribution >= 0.6 is 34.9 Å². The fraction of sp³-hybridized carbons (Fsp3) is 0.200. The predicted octanol–water partition coefficient (Wildman–Crippen LogP) is 0.586. The van der Waals surface area contributed by atoms with E-state index in [4.69, 9.17) is 16.3 Å². The molecule has 2 aliphatic heterocycles. The standard InChI is InChI=1S/C25H22N8O9S3/c26-14-4-15(29-8-28-14)43-5-10-6-44-22-17(21(37)33(22)18(10)23(38)39)31-20(36)16(11-7-45-25(27)30-11)32-42-19(24(40)41)9-1-2-12(34)13(35)3-9/h1-4,7-8,17,19,22,34-35H,5-6H2,(H2,27,30)(H,31,36)(H,38,39)(H,40,41)(H2,26,28,29)/b32-16-/t17?,19-,22+/m1/s1. The molecule has 3 aromatic rings. The van der Waals surface area contributed by atoms with Crippen molar-refractivity contribution >= 4 is 75.3 Å². The minimum absolute atomic E-state index is 0.0590. The Morgan fingerprint density at radius 2 is 1.96 bits per heavy atom. The van der Waals surface area contributed by atoms with Gasteiger partial charge in [-0.1, -0.05) is 11.2 Å². The molecule has 234 valence electrons. The summed E-state index contributed by atoms with van der Waals surface area (Å²) in [6.45, 7) is 0. The van der Waals surface area contributed by atoms with Gasteiger partial charge in [0, 0.05) is 28.5 Å². The van der Waals surface area contributed by atoms with Crippen molar-refractivity contribution < 1.29 is 44.4 Å². The van der Waals surface area contributed by atoms with E-state index in [-0.39, 0.29) is 39.4 Å². The van der Waals surface area contributed by atoms with Gasteiger partial charge in [-0.3, -0.25) is 14.5 Å². The number of phenolic OH excluding ortho intramolecular Hbond substituents is 2. The van der Waals surface area contributed by atoms with E-state index in [1.165, 1.54) is 47.4 Å². The third-order valence-electron chi connectivity index (χ3n) is 6.35. The summed E-state index contributed by atoms with van der Waals surface area (Å²) in [5.41, 5.74) is 11.0. The van der Waals surface area contributed by atoms with Gasteiger partial charge in [-0.05, 0) is 17.7 Å². The number of nitrogens with two attached hydrogens (primary N) is 2. The first kappa shape index (κ1) is 31.3. The number of benzene rings is 1. The van der Waals surface area contributed by atoms with Gasteiger partial charge in [0.2, 0.25) is 6.10 Å². The van der Waals surface area contributed by atoms with Crippen LogP contribution in [0, 0.1) is 0 Å². The number of carbonyl (C=O) groups is 4.